The molecule has 0 bridgehead atoms. The highest BCUT2D eigenvalue weighted by molar-refractivity contribution is 5.83. The Labute approximate surface area is 188 Å². The molecule has 0 saturated carbocycles. The second-order valence-electron chi connectivity index (χ2n) is 7.19. The number of nitrogens with one attached hydrogen (secondary N) is 1. The molecule has 3 aromatic carbocycles. The Kier molecular flexibility index (Phi) is 8.26. The van der Waals surface area contributed by atoms with Crippen molar-refractivity contribution in [3.8, 4) is 17.2 Å². The van der Waals surface area contributed by atoms with Crippen LogP contribution in [0.3, 0.4) is 0 Å². The van der Waals surface area contributed by atoms with Crippen LogP contribution in [0.25, 0.3) is 0 Å². The van der Waals surface area contributed by atoms with Crippen LogP contribution in [0.4, 0.5) is 0 Å². The maximum Gasteiger partial charge on any atom is 0.277 e. The zero-order valence-corrected chi connectivity index (χ0v) is 18.6. The van der Waals surface area contributed by atoms with Gasteiger partial charge in [0.05, 0.1) is 12.8 Å². The van der Waals surface area contributed by atoms with Gasteiger partial charge in [-0.1, -0.05) is 42.5 Å². The van der Waals surface area contributed by atoms with Crippen LogP contribution in [0.5, 0.6) is 17.2 Å². The van der Waals surface area contributed by atoms with Crippen LogP contribution in [0.15, 0.2) is 71.8 Å². The summed E-state index contributed by atoms with van der Waals surface area (Å²) in [5, 5.41) is 4.02. The minimum Gasteiger partial charge on any atom is -0.490 e. The maximum absolute atomic E-state index is 12.1. The van der Waals surface area contributed by atoms with E-state index in [-0.39, 0.29) is 12.5 Å². The molecule has 3 rings (SSSR count). The van der Waals surface area contributed by atoms with E-state index in [4.69, 9.17) is 14.2 Å². The quantitative estimate of drug-likeness (QED) is 0.369. The van der Waals surface area contributed by atoms with E-state index in [0.717, 1.165) is 22.3 Å². The van der Waals surface area contributed by atoms with Crippen molar-refractivity contribution in [2.45, 2.75) is 27.4 Å². The van der Waals surface area contributed by atoms with E-state index in [1.165, 1.54) is 0 Å². The molecule has 0 fully saturated rings. The summed E-state index contributed by atoms with van der Waals surface area (Å²) in [6.07, 6.45) is 1.55. The molecule has 0 aliphatic rings. The molecule has 3 aromatic rings. The molecule has 32 heavy (non-hydrogen) atoms. The van der Waals surface area contributed by atoms with Gasteiger partial charge in [0.15, 0.2) is 18.1 Å². The average molecular weight is 433 g/mol. The van der Waals surface area contributed by atoms with Crippen molar-refractivity contribution >= 4 is 12.1 Å². The lowest BCUT2D eigenvalue weighted by molar-refractivity contribution is -0.123. The second-order valence-corrected chi connectivity index (χ2v) is 7.19. The SMILES string of the molecule is CCOc1cc(/C=N/NC(=O)COc2cccc(C)c2C)ccc1OCc1ccccc1. The van der Waals surface area contributed by atoms with E-state index in [0.29, 0.717) is 30.5 Å². The molecular weight excluding hydrogens is 404 g/mol. The van der Waals surface area contributed by atoms with Crippen molar-refractivity contribution in [2.75, 3.05) is 13.2 Å². The number of hydrazone groups is 1. The molecule has 0 aromatic heterocycles. The van der Waals surface area contributed by atoms with Crippen molar-refractivity contribution < 1.29 is 19.0 Å². The fourth-order valence-electron chi connectivity index (χ4n) is 2.96. The monoisotopic (exact) mass is 432 g/mol. The number of benzene rings is 3. The lowest BCUT2D eigenvalue weighted by atomic mass is 10.1. The zero-order valence-electron chi connectivity index (χ0n) is 18.6. The number of hydrogen-bond acceptors (Lipinski definition) is 5. The third-order valence-electron chi connectivity index (χ3n) is 4.82. The highest BCUT2D eigenvalue weighted by Gasteiger charge is 2.08. The van der Waals surface area contributed by atoms with E-state index in [1.807, 2.05) is 87.5 Å². The molecule has 0 aliphatic carbocycles. The lowest BCUT2D eigenvalue weighted by Gasteiger charge is -2.12. The number of hydrogen-bond donors (Lipinski definition) is 1. The molecule has 6 heteroatoms. The van der Waals surface area contributed by atoms with Crippen LogP contribution in [0.1, 0.15) is 29.2 Å². The van der Waals surface area contributed by atoms with Crippen LogP contribution in [0.2, 0.25) is 0 Å². The van der Waals surface area contributed by atoms with Crippen molar-refractivity contribution in [1.29, 1.82) is 0 Å². The van der Waals surface area contributed by atoms with Crippen LogP contribution >= 0.6 is 0 Å². The summed E-state index contributed by atoms with van der Waals surface area (Å²) in [5.41, 5.74) is 6.46. The minimum atomic E-state index is -0.338. The Balaban J connectivity index is 1.55. The Hall–Kier alpha value is -3.80. The number of ether oxygens (including phenoxy) is 3. The van der Waals surface area contributed by atoms with Gasteiger partial charge in [0.1, 0.15) is 12.4 Å². The van der Waals surface area contributed by atoms with E-state index < -0.39 is 0 Å². The molecule has 1 amide bonds. The van der Waals surface area contributed by atoms with Crippen molar-refractivity contribution in [3.05, 3.63) is 89.0 Å². The average Bonchev–Trinajstić information content (AvgIpc) is 2.80. The predicted molar refractivity (Wildman–Crippen MR) is 126 cm³/mol. The number of carbonyl (C=O) groups is 1. The largest absolute Gasteiger partial charge is 0.490 e. The van der Waals surface area contributed by atoms with Gasteiger partial charge in [-0.25, -0.2) is 5.43 Å². The van der Waals surface area contributed by atoms with Gasteiger partial charge in [-0.15, -0.1) is 0 Å². The van der Waals surface area contributed by atoms with Gasteiger partial charge in [0.25, 0.3) is 5.91 Å². The number of amides is 1. The summed E-state index contributed by atoms with van der Waals surface area (Å²) in [6.45, 7) is 6.72. The molecule has 0 radical (unpaired) electrons. The van der Waals surface area contributed by atoms with Crippen LogP contribution < -0.4 is 19.6 Å². The fraction of sp³-hybridized carbons (Fsp3) is 0.231. The standard InChI is InChI=1S/C26H28N2O4/c1-4-30-25-15-22(13-14-24(25)31-17-21-10-6-5-7-11-21)16-27-28-26(29)18-32-23-12-8-9-19(2)20(23)3/h5-16H,4,17-18H2,1-3H3,(H,28,29)/b27-16+. The number of carbonyl (C=O) groups excluding carboxylic acids is 1. The zero-order chi connectivity index (χ0) is 22.8. The van der Waals surface area contributed by atoms with Gasteiger partial charge in [-0.3, -0.25) is 4.79 Å². The minimum absolute atomic E-state index is 0.113. The highest BCUT2D eigenvalue weighted by Crippen LogP contribution is 2.29. The highest BCUT2D eigenvalue weighted by atomic mass is 16.5. The first-order chi connectivity index (χ1) is 15.6. The normalized spacial score (nSPS) is 10.7. The van der Waals surface area contributed by atoms with Crippen molar-refractivity contribution in [1.82, 2.24) is 5.43 Å². The van der Waals surface area contributed by atoms with E-state index >= 15 is 0 Å². The van der Waals surface area contributed by atoms with E-state index in [1.54, 1.807) is 6.21 Å². The number of aryl methyl sites for hydroxylation is 1. The fourth-order valence-corrected chi connectivity index (χ4v) is 2.96. The lowest BCUT2D eigenvalue weighted by Crippen LogP contribution is -2.24. The van der Waals surface area contributed by atoms with Gasteiger partial charge in [-0.05, 0) is 67.3 Å². The topological polar surface area (TPSA) is 69.2 Å². The molecule has 6 nitrogen and oxygen atoms in total. The first-order valence-corrected chi connectivity index (χ1v) is 10.5. The van der Waals surface area contributed by atoms with Crippen molar-refractivity contribution in [2.24, 2.45) is 5.10 Å². The maximum atomic E-state index is 12.1. The third-order valence-corrected chi connectivity index (χ3v) is 4.82. The Morgan fingerprint density at radius 3 is 2.50 bits per heavy atom. The Morgan fingerprint density at radius 1 is 0.906 bits per heavy atom. The van der Waals surface area contributed by atoms with Crippen molar-refractivity contribution in [3.63, 3.8) is 0 Å². The first kappa shape index (κ1) is 22.9. The van der Waals surface area contributed by atoms with Crippen LogP contribution in [-0.4, -0.2) is 25.3 Å². The van der Waals surface area contributed by atoms with Gasteiger partial charge in [0.2, 0.25) is 0 Å². The summed E-state index contributed by atoms with van der Waals surface area (Å²) in [7, 11) is 0. The molecule has 0 unspecified atom stereocenters. The van der Waals surface area contributed by atoms with Crippen LogP contribution in [-0.2, 0) is 11.4 Å². The molecule has 0 atom stereocenters. The van der Waals surface area contributed by atoms with E-state index in [2.05, 4.69) is 10.5 Å². The molecule has 0 saturated heterocycles. The van der Waals surface area contributed by atoms with Gasteiger partial charge in [-0.2, -0.15) is 5.10 Å². The summed E-state index contributed by atoms with van der Waals surface area (Å²) in [5.74, 6) is 1.63. The Morgan fingerprint density at radius 2 is 1.72 bits per heavy atom. The predicted octanol–water partition coefficient (Wildman–Crippen LogP) is 4.81. The summed E-state index contributed by atoms with van der Waals surface area (Å²) in [4.78, 5) is 12.1. The summed E-state index contributed by atoms with van der Waals surface area (Å²) < 4.78 is 17.2. The van der Waals surface area contributed by atoms with Gasteiger partial charge in [0, 0.05) is 0 Å². The summed E-state index contributed by atoms with van der Waals surface area (Å²) >= 11 is 0. The Bertz CT molecular complexity index is 1060. The molecule has 0 spiro atoms. The van der Waals surface area contributed by atoms with Gasteiger partial charge < -0.3 is 14.2 Å². The smallest absolute Gasteiger partial charge is 0.277 e. The first-order valence-electron chi connectivity index (χ1n) is 10.5. The molecule has 0 heterocycles. The van der Waals surface area contributed by atoms with Crippen LogP contribution in [0, 0.1) is 13.8 Å². The third kappa shape index (κ3) is 6.60. The van der Waals surface area contributed by atoms with E-state index in [9.17, 15) is 4.79 Å². The van der Waals surface area contributed by atoms with Gasteiger partial charge >= 0.3 is 0 Å². The molecule has 166 valence electrons. The number of nitrogens with zero attached hydrogens (tertiary/aromatic N) is 1. The number of rotatable bonds is 10. The summed E-state index contributed by atoms with van der Waals surface area (Å²) in [6, 6.07) is 21.2. The molecule has 0 aliphatic heterocycles. The molecular formula is C26H28N2O4. The molecule has 1 N–H and O–H groups in total. The second kappa shape index (κ2) is 11.6.